The first-order valence-electron chi connectivity index (χ1n) is 9.79. The maximum absolute atomic E-state index is 12.9. The third-order valence-corrected chi connectivity index (χ3v) is 6.92. The smallest absolute Gasteiger partial charge is 0.241 e. The molecule has 1 aliphatic rings. The van der Waals surface area contributed by atoms with E-state index in [1.54, 1.807) is 48.4 Å². The number of carbonyl (C=O) groups is 1. The predicted molar refractivity (Wildman–Crippen MR) is 120 cm³/mol. The van der Waals surface area contributed by atoms with Crippen molar-refractivity contribution in [2.45, 2.75) is 23.9 Å². The SMILES string of the molecule is COc1ccc2ccc(S(=O)(=O)N[C@H]3CCN(Cc4ccc(N)c(N)c4)C3=O)cc2c1. The van der Waals surface area contributed by atoms with Crippen molar-refractivity contribution < 1.29 is 17.9 Å². The number of methoxy groups -OCH3 is 1. The van der Waals surface area contributed by atoms with E-state index in [1.165, 1.54) is 6.07 Å². The molecule has 8 nitrogen and oxygen atoms in total. The topological polar surface area (TPSA) is 128 Å². The van der Waals surface area contributed by atoms with Crippen molar-refractivity contribution in [3.8, 4) is 5.75 Å². The normalized spacial score (nSPS) is 16.7. The Morgan fingerprint density at radius 1 is 1.03 bits per heavy atom. The van der Waals surface area contributed by atoms with Crippen LogP contribution in [-0.2, 0) is 21.4 Å². The van der Waals surface area contributed by atoms with Crippen LogP contribution in [0.5, 0.6) is 5.75 Å². The summed E-state index contributed by atoms with van der Waals surface area (Å²) >= 11 is 0. The molecule has 162 valence electrons. The minimum Gasteiger partial charge on any atom is -0.497 e. The number of hydrogen-bond acceptors (Lipinski definition) is 6. The molecule has 0 spiro atoms. The maximum atomic E-state index is 12.9. The summed E-state index contributed by atoms with van der Waals surface area (Å²) < 4.78 is 33.6. The molecule has 1 fully saturated rings. The molecule has 3 aromatic carbocycles. The highest BCUT2D eigenvalue weighted by molar-refractivity contribution is 7.89. The number of nitrogens with one attached hydrogen (secondary N) is 1. The molecule has 1 heterocycles. The maximum Gasteiger partial charge on any atom is 0.241 e. The van der Waals surface area contributed by atoms with Crippen LogP contribution in [0, 0.1) is 0 Å². The second-order valence-electron chi connectivity index (χ2n) is 7.56. The Kier molecular flexibility index (Phi) is 5.47. The van der Waals surface area contributed by atoms with Crippen molar-refractivity contribution >= 4 is 38.1 Å². The fourth-order valence-corrected chi connectivity index (χ4v) is 4.96. The summed E-state index contributed by atoms with van der Waals surface area (Å²) in [5, 5.41) is 1.63. The van der Waals surface area contributed by atoms with Gasteiger partial charge in [-0.2, -0.15) is 4.72 Å². The number of amides is 1. The molecule has 0 unspecified atom stereocenters. The highest BCUT2D eigenvalue weighted by Crippen LogP contribution is 2.25. The van der Waals surface area contributed by atoms with Crippen LogP contribution < -0.4 is 20.9 Å². The lowest BCUT2D eigenvalue weighted by Gasteiger charge is -2.18. The standard InChI is InChI=1S/C22H24N4O4S/c1-30-17-5-3-15-4-6-18(12-16(15)11-17)31(28,29)25-21-8-9-26(22(21)27)13-14-2-7-19(23)20(24)10-14/h2-7,10-12,21,25H,8-9,13,23-24H2,1H3/t21-/m0/s1. The lowest BCUT2D eigenvalue weighted by atomic mass is 10.1. The van der Waals surface area contributed by atoms with Gasteiger partial charge >= 0.3 is 0 Å². The number of nitrogen functional groups attached to an aromatic ring is 2. The number of likely N-dealkylation sites (tertiary alicyclic amines) is 1. The van der Waals surface area contributed by atoms with Crippen molar-refractivity contribution in [2.24, 2.45) is 0 Å². The van der Waals surface area contributed by atoms with Gasteiger partial charge in [0.05, 0.1) is 23.4 Å². The van der Waals surface area contributed by atoms with Crippen LogP contribution in [0.2, 0.25) is 0 Å². The van der Waals surface area contributed by atoms with Gasteiger partial charge in [-0.15, -0.1) is 0 Å². The number of hydrogen-bond donors (Lipinski definition) is 3. The van der Waals surface area contributed by atoms with Crippen LogP contribution in [0.4, 0.5) is 11.4 Å². The zero-order valence-corrected chi connectivity index (χ0v) is 17.9. The molecule has 5 N–H and O–H groups in total. The molecule has 0 bridgehead atoms. The van der Waals surface area contributed by atoms with E-state index >= 15 is 0 Å². The van der Waals surface area contributed by atoms with E-state index in [0.717, 1.165) is 16.3 Å². The van der Waals surface area contributed by atoms with Crippen molar-refractivity contribution in [3.05, 3.63) is 60.2 Å². The van der Waals surface area contributed by atoms with Crippen LogP contribution in [0.25, 0.3) is 10.8 Å². The molecule has 0 aromatic heterocycles. The van der Waals surface area contributed by atoms with Crippen LogP contribution in [0.3, 0.4) is 0 Å². The summed E-state index contributed by atoms with van der Waals surface area (Å²) in [7, 11) is -2.32. The van der Waals surface area contributed by atoms with Crippen LogP contribution in [-0.4, -0.2) is 38.9 Å². The highest BCUT2D eigenvalue weighted by Gasteiger charge is 2.35. The van der Waals surface area contributed by atoms with E-state index in [1.807, 2.05) is 12.1 Å². The van der Waals surface area contributed by atoms with Crippen molar-refractivity contribution in [3.63, 3.8) is 0 Å². The summed E-state index contributed by atoms with van der Waals surface area (Å²) in [5.74, 6) is 0.376. The fraction of sp³-hybridized carbons (Fsp3) is 0.227. The molecule has 9 heteroatoms. The van der Waals surface area contributed by atoms with E-state index in [9.17, 15) is 13.2 Å². The van der Waals surface area contributed by atoms with Crippen molar-refractivity contribution in [1.29, 1.82) is 0 Å². The number of fused-ring (bicyclic) bond motifs is 1. The molecule has 1 aliphatic heterocycles. The Bertz CT molecular complexity index is 1260. The molecule has 1 saturated heterocycles. The molecule has 3 aromatic rings. The minimum atomic E-state index is -3.87. The first-order valence-corrected chi connectivity index (χ1v) is 11.3. The second kappa shape index (κ2) is 8.09. The molecular weight excluding hydrogens is 416 g/mol. The zero-order valence-electron chi connectivity index (χ0n) is 17.0. The van der Waals surface area contributed by atoms with Gasteiger partial charge in [-0.3, -0.25) is 4.79 Å². The molecule has 0 saturated carbocycles. The van der Waals surface area contributed by atoms with Gasteiger partial charge in [0.2, 0.25) is 15.9 Å². The number of carbonyl (C=O) groups excluding carboxylic acids is 1. The van der Waals surface area contributed by atoms with Gasteiger partial charge in [0.25, 0.3) is 0 Å². The van der Waals surface area contributed by atoms with Gasteiger partial charge in [0, 0.05) is 13.1 Å². The molecule has 31 heavy (non-hydrogen) atoms. The molecule has 0 radical (unpaired) electrons. The average Bonchev–Trinajstić information content (AvgIpc) is 3.08. The Balaban J connectivity index is 1.50. The summed E-state index contributed by atoms with van der Waals surface area (Å²) in [6.07, 6.45) is 0.393. The number of rotatable bonds is 6. The summed E-state index contributed by atoms with van der Waals surface area (Å²) in [4.78, 5) is 14.5. The predicted octanol–water partition coefficient (Wildman–Crippen LogP) is 2.09. The van der Waals surface area contributed by atoms with Gasteiger partial charge in [0.15, 0.2) is 0 Å². The number of nitrogens with two attached hydrogens (primary N) is 2. The van der Waals surface area contributed by atoms with E-state index < -0.39 is 16.1 Å². The van der Waals surface area contributed by atoms with Gasteiger partial charge in [-0.1, -0.05) is 18.2 Å². The Hall–Kier alpha value is -3.30. The Morgan fingerprint density at radius 3 is 2.55 bits per heavy atom. The lowest BCUT2D eigenvalue weighted by molar-refractivity contribution is -0.129. The van der Waals surface area contributed by atoms with E-state index in [2.05, 4.69) is 4.72 Å². The molecule has 1 amide bonds. The minimum absolute atomic E-state index is 0.103. The third kappa shape index (κ3) is 4.28. The van der Waals surface area contributed by atoms with Crippen molar-refractivity contribution in [1.82, 2.24) is 9.62 Å². The van der Waals surface area contributed by atoms with Gasteiger partial charge in [0.1, 0.15) is 11.8 Å². The number of sulfonamides is 1. The van der Waals surface area contributed by atoms with Crippen LogP contribution >= 0.6 is 0 Å². The summed E-state index contributed by atoms with van der Waals surface area (Å²) in [6, 6.07) is 14.7. The largest absolute Gasteiger partial charge is 0.497 e. The quantitative estimate of drug-likeness (QED) is 0.504. The van der Waals surface area contributed by atoms with Gasteiger partial charge in [-0.25, -0.2) is 8.42 Å². The number of nitrogens with zero attached hydrogens (tertiary/aromatic N) is 1. The molecule has 1 atom stereocenters. The molecule has 0 aliphatic carbocycles. The van der Waals surface area contributed by atoms with Gasteiger partial charge < -0.3 is 21.1 Å². The van der Waals surface area contributed by atoms with E-state index in [4.69, 9.17) is 16.2 Å². The molecular formula is C22H24N4O4S. The number of anilines is 2. The van der Waals surface area contributed by atoms with Crippen molar-refractivity contribution in [2.75, 3.05) is 25.1 Å². The molecule has 4 rings (SSSR count). The van der Waals surface area contributed by atoms with E-state index in [0.29, 0.717) is 36.6 Å². The zero-order chi connectivity index (χ0) is 22.2. The fourth-order valence-electron chi connectivity index (χ4n) is 3.70. The first-order chi connectivity index (χ1) is 14.8. The Labute approximate surface area is 180 Å². The summed E-state index contributed by atoms with van der Waals surface area (Å²) in [6.45, 7) is 0.794. The second-order valence-corrected chi connectivity index (χ2v) is 9.27. The van der Waals surface area contributed by atoms with Crippen LogP contribution in [0.1, 0.15) is 12.0 Å². The van der Waals surface area contributed by atoms with Crippen LogP contribution in [0.15, 0.2) is 59.5 Å². The number of ether oxygens (including phenoxy) is 1. The van der Waals surface area contributed by atoms with Gasteiger partial charge in [-0.05, 0) is 59.2 Å². The third-order valence-electron chi connectivity index (χ3n) is 5.45. The average molecular weight is 441 g/mol. The highest BCUT2D eigenvalue weighted by atomic mass is 32.2. The first kappa shape index (κ1) is 21.0. The monoisotopic (exact) mass is 440 g/mol. The lowest BCUT2D eigenvalue weighted by Crippen LogP contribution is -2.41. The number of benzene rings is 3. The summed E-state index contributed by atoms with van der Waals surface area (Å²) in [5.41, 5.74) is 13.3. The Morgan fingerprint density at radius 2 is 1.81 bits per heavy atom. The van der Waals surface area contributed by atoms with E-state index in [-0.39, 0.29) is 10.8 Å².